The minimum Gasteiger partial charge on any atom is -0.366 e. The summed E-state index contributed by atoms with van der Waals surface area (Å²) < 4.78 is 0. The minimum absolute atomic E-state index is 0.140. The van der Waals surface area contributed by atoms with Crippen molar-refractivity contribution in [1.82, 2.24) is 0 Å². The fraction of sp³-hybridized carbons (Fsp3) is 0.167. The number of hydrogen-bond donors (Lipinski definition) is 3. The molecule has 0 saturated heterocycles. The van der Waals surface area contributed by atoms with E-state index in [4.69, 9.17) is 5.73 Å². The number of primary amides is 1. The summed E-state index contributed by atoms with van der Waals surface area (Å²) >= 11 is 0. The Balaban J connectivity index is 2.15. The lowest BCUT2D eigenvalue weighted by molar-refractivity contribution is -0.133. The van der Waals surface area contributed by atoms with Crippen molar-refractivity contribution in [1.29, 1.82) is 0 Å². The Hall–Kier alpha value is -3.15. The number of carbonyl (C=O) groups is 3. The van der Waals surface area contributed by atoms with Gasteiger partial charge in [-0.2, -0.15) is 0 Å². The van der Waals surface area contributed by atoms with Gasteiger partial charge in [0.2, 0.25) is 0 Å². The van der Waals surface area contributed by atoms with E-state index >= 15 is 0 Å². The van der Waals surface area contributed by atoms with Crippen LogP contribution in [0.4, 0.5) is 11.4 Å². The van der Waals surface area contributed by atoms with Gasteiger partial charge < -0.3 is 16.4 Å². The van der Waals surface area contributed by atoms with E-state index in [-0.39, 0.29) is 17.2 Å². The Morgan fingerprint density at radius 2 is 1.33 bits per heavy atom. The molecule has 2 aromatic carbocycles. The van der Waals surface area contributed by atoms with Crippen LogP contribution in [0.1, 0.15) is 35.7 Å². The molecule has 3 amide bonds. The quantitative estimate of drug-likeness (QED) is 0.753. The summed E-state index contributed by atoms with van der Waals surface area (Å²) in [7, 11) is 0. The van der Waals surface area contributed by atoms with Crippen LogP contribution < -0.4 is 16.4 Å². The van der Waals surface area contributed by atoms with Gasteiger partial charge in [-0.1, -0.05) is 44.2 Å². The second kappa shape index (κ2) is 7.41. The molecule has 0 saturated carbocycles. The van der Waals surface area contributed by atoms with E-state index in [0.717, 1.165) is 5.56 Å². The molecule has 0 aliphatic rings. The summed E-state index contributed by atoms with van der Waals surface area (Å²) in [6.45, 7) is 3.99. The molecule has 2 aromatic rings. The monoisotopic (exact) mass is 325 g/mol. The number of para-hydroxylation sites is 2. The molecule has 0 spiro atoms. The van der Waals surface area contributed by atoms with Crippen LogP contribution in [0.25, 0.3) is 0 Å². The van der Waals surface area contributed by atoms with Gasteiger partial charge in [0.05, 0.1) is 11.3 Å². The predicted octanol–water partition coefficient (Wildman–Crippen LogP) is 2.49. The van der Waals surface area contributed by atoms with Crippen LogP contribution in [0.5, 0.6) is 0 Å². The molecule has 124 valence electrons. The maximum absolute atomic E-state index is 12.1. The molecule has 0 radical (unpaired) electrons. The number of nitrogens with one attached hydrogen (secondary N) is 2. The molecular formula is C18H19N3O3. The summed E-state index contributed by atoms with van der Waals surface area (Å²) in [6, 6.07) is 13.5. The summed E-state index contributed by atoms with van der Waals surface area (Å²) in [5.41, 5.74) is 7.10. The van der Waals surface area contributed by atoms with Crippen LogP contribution in [-0.2, 0) is 9.59 Å². The first-order chi connectivity index (χ1) is 11.4. The maximum Gasteiger partial charge on any atom is 0.314 e. The predicted molar refractivity (Wildman–Crippen MR) is 92.8 cm³/mol. The fourth-order valence-electron chi connectivity index (χ4n) is 2.28. The Bertz CT molecular complexity index is 785. The first-order valence-electron chi connectivity index (χ1n) is 7.50. The molecule has 0 bridgehead atoms. The molecule has 0 heterocycles. The summed E-state index contributed by atoms with van der Waals surface area (Å²) in [6.07, 6.45) is 0. The van der Waals surface area contributed by atoms with Crippen LogP contribution in [-0.4, -0.2) is 17.7 Å². The van der Waals surface area contributed by atoms with Gasteiger partial charge in [-0.15, -0.1) is 0 Å². The Morgan fingerprint density at radius 1 is 0.833 bits per heavy atom. The molecule has 0 aliphatic carbocycles. The molecule has 24 heavy (non-hydrogen) atoms. The van der Waals surface area contributed by atoms with E-state index in [9.17, 15) is 14.4 Å². The van der Waals surface area contributed by atoms with Gasteiger partial charge in [0.1, 0.15) is 0 Å². The molecule has 6 heteroatoms. The second-order valence-electron chi connectivity index (χ2n) is 5.56. The number of benzene rings is 2. The van der Waals surface area contributed by atoms with Gasteiger partial charge in [0.25, 0.3) is 5.91 Å². The fourth-order valence-corrected chi connectivity index (χ4v) is 2.28. The number of anilines is 2. The van der Waals surface area contributed by atoms with E-state index in [1.54, 1.807) is 24.3 Å². The van der Waals surface area contributed by atoms with Crippen LogP contribution in [0.3, 0.4) is 0 Å². The molecule has 0 fully saturated rings. The number of carbonyl (C=O) groups excluding carboxylic acids is 3. The lowest BCUT2D eigenvalue weighted by Crippen LogP contribution is -2.30. The largest absolute Gasteiger partial charge is 0.366 e. The van der Waals surface area contributed by atoms with Crippen molar-refractivity contribution in [2.45, 2.75) is 19.8 Å². The van der Waals surface area contributed by atoms with Gasteiger partial charge in [-0.05, 0) is 29.7 Å². The SMILES string of the molecule is CC(C)c1ccccc1NC(=O)C(=O)Nc1ccccc1C(N)=O. The van der Waals surface area contributed by atoms with E-state index in [1.807, 2.05) is 26.0 Å². The second-order valence-corrected chi connectivity index (χ2v) is 5.56. The van der Waals surface area contributed by atoms with Gasteiger partial charge in [-0.3, -0.25) is 14.4 Å². The van der Waals surface area contributed by atoms with Gasteiger partial charge in [0.15, 0.2) is 0 Å². The van der Waals surface area contributed by atoms with Crippen LogP contribution in [0.2, 0.25) is 0 Å². The third kappa shape index (κ3) is 3.98. The van der Waals surface area contributed by atoms with E-state index in [2.05, 4.69) is 10.6 Å². The van der Waals surface area contributed by atoms with Crippen molar-refractivity contribution in [3.63, 3.8) is 0 Å². The van der Waals surface area contributed by atoms with E-state index < -0.39 is 17.7 Å². The van der Waals surface area contributed by atoms with Crippen LogP contribution >= 0.6 is 0 Å². The highest BCUT2D eigenvalue weighted by molar-refractivity contribution is 6.44. The average Bonchev–Trinajstić information content (AvgIpc) is 2.55. The number of nitrogens with two attached hydrogens (primary N) is 1. The Kier molecular flexibility index (Phi) is 5.31. The van der Waals surface area contributed by atoms with E-state index in [0.29, 0.717) is 5.69 Å². The Morgan fingerprint density at radius 3 is 1.92 bits per heavy atom. The maximum atomic E-state index is 12.1. The smallest absolute Gasteiger partial charge is 0.314 e. The number of rotatable bonds is 4. The van der Waals surface area contributed by atoms with Crippen molar-refractivity contribution in [2.24, 2.45) is 5.73 Å². The number of amides is 3. The highest BCUT2D eigenvalue weighted by Gasteiger charge is 2.18. The van der Waals surface area contributed by atoms with Crippen LogP contribution in [0.15, 0.2) is 48.5 Å². The normalized spacial score (nSPS) is 10.3. The van der Waals surface area contributed by atoms with Crippen LogP contribution in [0, 0.1) is 0 Å². The van der Waals surface area contributed by atoms with Crippen molar-refractivity contribution in [3.8, 4) is 0 Å². The lowest BCUT2D eigenvalue weighted by Gasteiger charge is -2.14. The molecule has 0 unspecified atom stereocenters. The third-order valence-electron chi connectivity index (χ3n) is 3.48. The summed E-state index contributed by atoms with van der Waals surface area (Å²) in [4.78, 5) is 35.6. The molecule has 0 aliphatic heterocycles. The zero-order chi connectivity index (χ0) is 17.7. The lowest BCUT2D eigenvalue weighted by atomic mass is 10.0. The highest BCUT2D eigenvalue weighted by Crippen LogP contribution is 2.23. The van der Waals surface area contributed by atoms with Gasteiger partial charge >= 0.3 is 11.8 Å². The highest BCUT2D eigenvalue weighted by atomic mass is 16.2. The first-order valence-corrected chi connectivity index (χ1v) is 7.50. The van der Waals surface area contributed by atoms with E-state index in [1.165, 1.54) is 12.1 Å². The Labute approximate surface area is 140 Å². The van der Waals surface area contributed by atoms with Gasteiger partial charge in [-0.25, -0.2) is 0 Å². The molecule has 4 N–H and O–H groups in total. The van der Waals surface area contributed by atoms with Crippen molar-refractivity contribution >= 4 is 29.1 Å². The molecular weight excluding hydrogens is 306 g/mol. The van der Waals surface area contributed by atoms with Crippen molar-refractivity contribution in [3.05, 3.63) is 59.7 Å². The van der Waals surface area contributed by atoms with Crippen molar-refractivity contribution < 1.29 is 14.4 Å². The zero-order valence-corrected chi connectivity index (χ0v) is 13.5. The first kappa shape index (κ1) is 17.2. The molecule has 2 rings (SSSR count). The summed E-state index contributed by atoms with van der Waals surface area (Å²) in [5.74, 6) is -2.18. The average molecular weight is 325 g/mol. The van der Waals surface area contributed by atoms with Gasteiger partial charge in [0, 0.05) is 5.69 Å². The number of hydrogen-bond acceptors (Lipinski definition) is 3. The molecule has 0 aromatic heterocycles. The molecule has 6 nitrogen and oxygen atoms in total. The summed E-state index contributed by atoms with van der Waals surface area (Å²) in [5, 5.41) is 5.00. The molecule has 0 atom stereocenters. The van der Waals surface area contributed by atoms with Crippen molar-refractivity contribution in [2.75, 3.05) is 10.6 Å². The standard InChI is InChI=1S/C18H19N3O3/c1-11(2)12-7-3-5-9-14(12)20-17(23)18(24)21-15-10-6-4-8-13(15)16(19)22/h3-11H,1-2H3,(H2,19,22)(H,20,23)(H,21,24). The minimum atomic E-state index is -0.873. The topological polar surface area (TPSA) is 101 Å². The zero-order valence-electron chi connectivity index (χ0n) is 13.5. The third-order valence-corrected chi connectivity index (χ3v) is 3.48.